The smallest absolute Gasteiger partial charge is 0.0836 e. The first-order valence-electron chi connectivity index (χ1n) is 6.51. The zero-order chi connectivity index (χ0) is 13.1. The molecule has 1 saturated heterocycles. The standard InChI is InChI=1S/C15H26O2/c1-6-15(5)10-9-14(17-15)12(4)13(16)8-7-11(2)3/h6-7,12-14,16H,1,8-10H2,2-5H3/t12?,13-,14+,15+/m1/s1. The minimum Gasteiger partial charge on any atom is -0.392 e. The third-order valence-electron chi connectivity index (χ3n) is 3.74. The van der Waals surface area contributed by atoms with Crippen LogP contribution in [0.1, 0.15) is 47.0 Å². The Morgan fingerprint density at radius 1 is 1.59 bits per heavy atom. The first-order chi connectivity index (χ1) is 7.88. The van der Waals surface area contributed by atoms with E-state index in [2.05, 4.69) is 40.3 Å². The Morgan fingerprint density at radius 2 is 2.24 bits per heavy atom. The molecule has 2 nitrogen and oxygen atoms in total. The Balaban J connectivity index is 2.51. The van der Waals surface area contributed by atoms with Crippen LogP contribution in [0.25, 0.3) is 0 Å². The molecule has 0 bridgehead atoms. The Hall–Kier alpha value is -0.600. The third-order valence-corrected chi connectivity index (χ3v) is 3.74. The predicted molar refractivity (Wildman–Crippen MR) is 71.9 cm³/mol. The first-order valence-corrected chi connectivity index (χ1v) is 6.51. The van der Waals surface area contributed by atoms with Crippen LogP contribution < -0.4 is 0 Å². The summed E-state index contributed by atoms with van der Waals surface area (Å²) in [6, 6.07) is 0. The number of hydrogen-bond acceptors (Lipinski definition) is 2. The van der Waals surface area contributed by atoms with E-state index in [1.165, 1.54) is 5.57 Å². The molecule has 1 heterocycles. The molecule has 1 unspecified atom stereocenters. The maximum atomic E-state index is 10.1. The van der Waals surface area contributed by atoms with E-state index >= 15 is 0 Å². The second kappa shape index (κ2) is 5.83. The fraction of sp³-hybridized carbons (Fsp3) is 0.733. The molecule has 4 atom stereocenters. The van der Waals surface area contributed by atoms with E-state index < -0.39 is 0 Å². The van der Waals surface area contributed by atoms with E-state index in [0.29, 0.717) is 6.42 Å². The molecule has 0 aliphatic carbocycles. The lowest BCUT2D eigenvalue weighted by Gasteiger charge is -2.27. The van der Waals surface area contributed by atoms with Crippen molar-refractivity contribution in [1.82, 2.24) is 0 Å². The molecule has 0 aromatic heterocycles. The zero-order valence-corrected chi connectivity index (χ0v) is 11.6. The molecule has 0 aromatic carbocycles. The van der Waals surface area contributed by atoms with Crippen LogP contribution in [0.15, 0.2) is 24.3 Å². The highest BCUT2D eigenvalue weighted by atomic mass is 16.5. The van der Waals surface area contributed by atoms with E-state index in [1.54, 1.807) is 0 Å². The number of aliphatic hydroxyl groups is 1. The van der Waals surface area contributed by atoms with Crippen molar-refractivity contribution < 1.29 is 9.84 Å². The molecule has 0 amide bonds. The van der Waals surface area contributed by atoms with Gasteiger partial charge in [0.2, 0.25) is 0 Å². The summed E-state index contributed by atoms with van der Waals surface area (Å²) in [5, 5.41) is 10.1. The molecule has 1 N–H and O–H groups in total. The molecule has 98 valence electrons. The third kappa shape index (κ3) is 3.97. The van der Waals surface area contributed by atoms with Crippen molar-refractivity contribution in [2.45, 2.75) is 64.8 Å². The van der Waals surface area contributed by atoms with Crippen molar-refractivity contribution in [3.05, 3.63) is 24.3 Å². The van der Waals surface area contributed by atoms with Crippen molar-refractivity contribution in [1.29, 1.82) is 0 Å². The SMILES string of the molecule is C=C[C@@]1(C)CC[C@@H](C(C)[C@H](O)CC=C(C)C)O1. The second-order valence-corrected chi connectivity index (χ2v) is 5.66. The second-order valence-electron chi connectivity index (χ2n) is 5.66. The minimum absolute atomic E-state index is 0.151. The van der Waals surface area contributed by atoms with Gasteiger partial charge in [-0.25, -0.2) is 0 Å². The number of aliphatic hydroxyl groups excluding tert-OH is 1. The van der Waals surface area contributed by atoms with Crippen molar-refractivity contribution in [2.75, 3.05) is 0 Å². The van der Waals surface area contributed by atoms with Crippen LogP contribution in [0.3, 0.4) is 0 Å². The van der Waals surface area contributed by atoms with E-state index in [-0.39, 0.29) is 23.7 Å². The molecule has 0 radical (unpaired) electrons. The molecule has 1 rings (SSSR count). The lowest BCUT2D eigenvalue weighted by molar-refractivity contribution is -0.0502. The zero-order valence-electron chi connectivity index (χ0n) is 11.6. The number of allylic oxidation sites excluding steroid dienone is 1. The Kier molecular flexibility index (Phi) is 4.96. The van der Waals surface area contributed by atoms with Gasteiger partial charge in [0.25, 0.3) is 0 Å². The van der Waals surface area contributed by atoms with Gasteiger partial charge in [0.1, 0.15) is 0 Å². The number of hydrogen-bond donors (Lipinski definition) is 1. The first kappa shape index (κ1) is 14.5. The van der Waals surface area contributed by atoms with E-state index in [4.69, 9.17) is 4.74 Å². The van der Waals surface area contributed by atoms with Gasteiger partial charge in [0, 0.05) is 5.92 Å². The van der Waals surface area contributed by atoms with Gasteiger partial charge in [0.15, 0.2) is 0 Å². The van der Waals surface area contributed by atoms with E-state index in [1.807, 2.05) is 6.08 Å². The van der Waals surface area contributed by atoms with Gasteiger partial charge in [-0.1, -0.05) is 24.6 Å². The number of rotatable bonds is 5. The Morgan fingerprint density at radius 3 is 2.71 bits per heavy atom. The van der Waals surface area contributed by atoms with Gasteiger partial charge in [-0.2, -0.15) is 0 Å². The fourth-order valence-electron chi connectivity index (χ4n) is 2.23. The Bertz CT molecular complexity index is 291. The molecule has 1 fully saturated rings. The maximum absolute atomic E-state index is 10.1. The monoisotopic (exact) mass is 238 g/mol. The average Bonchev–Trinajstić information content (AvgIpc) is 2.68. The van der Waals surface area contributed by atoms with Gasteiger partial charge >= 0.3 is 0 Å². The van der Waals surface area contributed by atoms with E-state index in [0.717, 1.165) is 12.8 Å². The lowest BCUT2D eigenvalue weighted by atomic mass is 9.92. The summed E-state index contributed by atoms with van der Waals surface area (Å²) in [4.78, 5) is 0. The van der Waals surface area contributed by atoms with Gasteiger partial charge in [-0.05, 0) is 40.0 Å². The van der Waals surface area contributed by atoms with Crippen molar-refractivity contribution >= 4 is 0 Å². The summed E-state index contributed by atoms with van der Waals surface area (Å²) in [5.74, 6) is 0.173. The quantitative estimate of drug-likeness (QED) is 0.743. The van der Waals surface area contributed by atoms with Gasteiger partial charge in [-0.3, -0.25) is 0 Å². The molecular formula is C15H26O2. The molecule has 0 saturated carbocycles. The highest BCUT2D eigenvalue weighted by molar-refractivity contribution is 5.01. The fourth-order valence-corrected chi connectivity index (χ4v) is 2.23. The lowest BCUT2D eigenvalue weighted by Crippen LogP contribution is -2.31. The van der Waals surface area contributed by atoms with Crippen molar-refractivity contribution in [3.63, 3.8) is 0 Å². The average molecular weight is 238 g/mol. The summed E-state index contributed by atoms with van der Waals surface area (Å²) in [5.41, 5.74) is 1.05. The van der Waals surface area contributed by atoms with Crippen LogP contribution in [0.2, 0.25) is 0 Å². The summed E-state index contributed by atoms with van der Waals surface area (Å²) in [6.07, 6.45) is 6.52. The van der Waals surface area contributed by atoms with Gasteiger partial charge < -0.3 is 9.84 Å². The highest BCUT2D eigenvalue weighted by Crippen LogP contribution is 2.35. The molecule has 0 aromatic rings. The molecule has 1 aliphatic heterocycles. The minimum atomic E-state index is -0.318. The van der Waals surface area contributed by atoms with Crippen LogP contribution in [0.4, 0.5) is 0 Å². The topological polar surface area (TPSA) is 29.5 Å². The summed E-state index contributed by atoms with van der Waals surface area (Å²) < 4.78 is 5.99. The van der Waals surface area contributed by atoms with E-state index in [9.17, 15) is 5.11 Å². The molecule has 1 aliphatic rings. The largest absolute Gasteiger partial charge is 0.392 e. The Labute approximate surface area is 105 Å². The van der Waals surface area contributed by atoms with Crippen LogP contribution >= 0.6 is 0 Å². The highest BCUT2D eigenvalue weighted by Gasteiger charge is 2.37. The summed E-state index contributed by atoms with van der Waals surface area (Å²) >= 11 is 0. The summed E-state index contributed by atoms with van der Waals surface area (Å²) in [6.45, 7) is 12.1. The van der Waals surface area contributed by atoms with Crippen LogP contribution in [-0.2, 0) is 4.74 Å². The number of ether oxygens (including phenoxy) is 1. The summed E-state index contributed by atoms with van der Waals surface area (Å²) in [7, 11) is 0. The van der Waals surface area contributed by atoms with Gasteiger partial charge in [0.05, 0.1) is 17.8 Å². The maximum Gasteiger partial charge on any atom is 0.0836 e. The molecule has 0 spiro atoms. The molecular weight excluding hydrogens is 212 g/mol. The molecule has 2 heteroatoms. The predicted octanol–water partition coefficient (Wildman–Crippen LogP) is 3.46. The molecule has 17 heavy (non-hydrogen) atoms. The van der Waals surface area contributed by atoms with Crippen molar-refractivity contribution in [3.8, 4) is 0 Å². The normalized spacial score (nSPS) is 31.9. The van der Waals surface area contributed by atoms with Crippen LogP contribution in [0, 0.1) is 5.92 Å². The van der Waals surface area contributed by atoms with Gasteiger partial charge in [-0.15, -0.1) is 6.58 Å². The van der Waals surface area contributed by atoms with Crippen LogP contribution in [-0.4, -0.2) is 22.9 Å². The van der Waals surface area contributed by atoms with Crippen molar-refractivity contribution in [2.24, 2.45) is 5.92 Å². The van der Waals surface area contributed by atoms with Crippen LogP contribution in [0.5, 0.6) is 0 Å².